The second kappa shape index (κ2) is 5.10. The lowest BCUT2D eigenvalue weighted by Gasteiger charge is -2.27. The lowest BCUT2D eigenvalue weighted by molar-refractivity contribution is 0.194. The van der Waals surface area contributed by atoms with E-state index in [2.05, 4.69) is 10.00 Å². The van der Waals surface area contributed by atoms with E-state index >= 15 is 0 Å². The van der Waals surface area contributed by atoms with Crippen LogP contribution < -0.4 is 4.90 Å². The lowest BCUT2D eigenvalue weighted by Crippen LogP contribution is -2.24. The number of hydrogen-bond donors (Lipinski definition) is 1. The van der Waals surface area contributed by atoms with Crippen LogP contribution >= 0.6 is 0 Å². The number of β-amino-alcohol motifs (C(OH)–C–C–N with tert-alkyl or cyclic N) is 1. The van der Waals surface area contributed by atoms with Gasteiger partial charge in [-0.1, -0.05) is 12.1 Å². The highest BCUT2D eigenvalue weighted by atomic mass is 19.1. The van der Waals surface area contributed by atoms with Gasteiger partial charge < -0.3 is 10.0 Å². The van der Waals surface area contributed by atoms with Crippen molar-refractivity contribution in [3.05, 3.63) is 66.2 Å². The Kier molecular flexibility index (Phi) is 3.08. The van der Waals surface area contributed by atoms with Crippen molar-refractivity contribution < 1.29 is 9.50 Å². The Morgan fingerprint density at radius 2 is 2.09 bits per heavy atom. The van der Waals surface area contributed by atoms with Gasteiger partial charge in [0.2, 0.25) is 0 Å². The van der Waals surface area contributed by atoms with E-state index in [9.17, 15) is 9.50 Å². The molecule has 0 unspecified atom stereocenters. The Labute approximate surface area is 127 Å². The Morgan fingerprint density at radius 1 is 1.18 bits per heavy atom. The van der Waals surface area contributed by atoms with Crippen molar-refractivity contribution in [2.75, 3.05) is 11.4 Å². The van der Waals surface area contributed by atoms with Gasteiger partial charge in [-0.3, -0.25) is 0 Å². The zero-order valence-electron chi connectivity index (χ0n) is 11.9. The number of anilines is 1. The van der Waals surface area contributed by atoms with Crippen LogP contribution in [0.3, 0.4) is 0 Å². The molecule has 3 aromatic rings. The number of pyridine rings is 1. The van der Waals surface area contributed by atoms with Crippen LogP contribution in [0.4, 0.5) is 10.1 Å². The van der Waals surface area contributed by atoms with Gasteiger partial charge in [0.15, 0.2) is 0 Å². The predicted octanol–water partition coefficient (Wildman–Crippen LogP) is 2.79. The maximum Gasteiger partial charge on any atom is 0.123 e. The van der Waals surface area contributed by atoms with Gasteiger partial charge in [0.1, 0.15) is 5.82 Å². The molecule has 0 radical (unpaired) electrons. The Morgan fingerprint density at radius 3 is 2.95 bits per heavy atom. The normalized spacial score (nSPS) is 21.6. The molecule has 4 rings (SSSR count). The smallest absolute Gasteiger partial charge is 0.123 e. The molecule has 0 spiro atoms. The van der Waals surface area contributed by atoms with E-state index in [0.29, 0.717) is 13.0 Å². The van der Waals surface area contributed by atoms with E-state index in [1.165, 1.54) is 6.07 Å². The molecule has 1 saturated heterocycles. The van der Waals surface area contributed by atoms with Crippen LogP contribution in [0.2, 0.25) is 0 Å². The maximum absolute atomic E-state index is 13.5. The monoisotopic (exact) mass is 297 g/mol. The van der Waals surface area contributed by atoms with Crippen molar-refractivity contribution in [2.45, 2.75) is 18.6 Å². The number of halogens is 1. The van der Waals surface area contributed by atoms with Crippen LogP contribution in [0.15, 0.2) is 54.9 Å². The first kappa shape index (κ1) is 13.3. The molecule has 22 heavy (non-hydrogen) atoms. The zero-order valence-corrected chi connectivity index (χ0v) is 11.9. The minimum absolute atomic E-state index is 0.0175. The Balaban J connectivity index is 1.74. The van der Waals surface area contributed by atoms with Crippen LogP contribution in [0.25, 0.3) is 5.52 Å². The molecule has 1 aliphatic rings. The molecule has 0 bridgehead atoms. The topological polar surface area (TPSA) is 40.8 Å². The lowest BCUT2D eigenvalue weighted by atomic mass is 10.0. The second-order valence-electron chi connectivity index (χ2n) is 5.70. The molecule has 112 valence electrons. The van der Waals surface area contributed by atoms with Crippen molar-refractivity contribution in [1.29, 1.82) is 0 Å². The van der Waals surface area contributed by atoms with E-state index < -0.39 is 6.10 Å². The molecule has 2 atom stereocenters. The summed E-state index contributed by atoms with van der Waals surface area (Å²) < 4.78 is 15.3. The fourth-order valence-corrected chi connectivity index (χ4v) is 3.22. The Bertz CT molecular complexity index is 816. The average Bonchev–Trinajstić information content (AvgIpc) is 3.12. The molecule has 1 fully saturated rings. The van der Waals surface area contributed by atoms with Gasteiger partial charge in [-0.15, -0.1) is 0 Å². The molecule has 1 aromatic carbocycles. The van der Waals surface area contributed by atoms with Crippen LogP contribution in [-0.4, -0.2) is 27.4 Å². The van der Waals surface area contributed by atoms with Gasteiger partial charge >= 0.3 is 0 Å². The summed E-state index contributed by atoms with van der Waals surface area (Å²) in [5.41, 5.74) is 2.90. The van der Waals surface area contributed by atoms with Gasteiger partial charge in [-0.2, -0.15) is 5.10 Å². The van der Waals surface area contributed by atoms with Gasteiger partial charge in [0, 0.05) is 24.6 Å². The van der Waals surface area contributed by atoms with E-state index in [1.807, 2.05) is 30.5 Å². The minimum Gasteiger partial charge on any atom is -0.391 e. The number of rotatable bonds is 2. The van der Waals surface area contributed by atoms with Crippen molar-refractivity contribution in [3.63, 3.8) is 0 Å². The van der Waals surface area contributed by atoms with Crippen LogP contribution in [-0.2, 0) is 0 Å². The third-order valence-corrected chi connectivity index (χ3v) is 4.23. The molecular weight excluding hydrogens is 281 g/mol. The average molecular weight is 297 g/mol. The molecule has 0 saturated carbocycles. The largest absolute Gasteiger partial charge is 0.391 e. The fourth-order valence-electron chi connectivity index (χ4n) is 3.22. The number of fused-ring (bicyclic) bond motifs is 1. The number of aliphatic hydroxyl groups excluding tert-OH is 1. The summed E-state index contributed by atoms with van der Waals surface area (Å²) >= 11 is 0. The first-order valence-corrected chi connectivity index (χ1v) is 7.34. The van der Waals surface area contributed by atoms with E-state index in [-0.39, 0.29) is 11.9 Å². The molecule has 1 N–H and O–H groups in total. The summed E-state index contributed by atoms with van der Waals surface area (Å²) in [5.74, 6) is -0.245. The second-order valence-corrected chi connectivity index (χ2v) is 5.70. The SMILES string of the molecule is O[C@@H]1C[C@H](c2cccc(F)c2)N(c2ccn3nccc3c2)C1. The van der Waals surface area contributed by atoms with Crippen LogP contribution in [0.1, 0.15) is 18.0 Å². The van der Waals surface area contributed by atoms with Gasteiger partial charge in [0.05, 0.1) is 17.7 Å². The summed E-state index contributed by atoms with van der Waals surface area (Å²) in [5, 5.41) is 14.3. The molecule has 3 heterocycles. The van der Waals surface area contributed by atoms with Crippen LogP contribution in [0.5, 0.6) is 0 Å². The highest BCUT2D eigenvalue weighted by molar-refractivity contribution is 5.60. The molecule has 4 nitrogen and oxygen atoms in total. The number of aromatic nitrogens is 2. The fraction of sp³-hybridized carbons (Fsp3) is 0.235. The Hall–Kier alpha value is -2.40. The van der Waals surface area contributed by atoms with Crippen molar-refractivity contribution >= 4 is 11.2 Å². The van der Waals surface area contributed by atoms with E-state index in [1.54, 1.807) is 22.8 Å². The van der Waals surface area contributed by atoms with Crippen molar-refractivity contribution in [3.8, 4) is 0 Å². The third kappa shape index (κ3) is 2.23. The predicted molar refractivity (Wildman–Crippen MR) is 82.3 cm³/mol. The number of aliphatic hydroxyl groups is 1. The number of benzene rings is 1. The molecule has 2 aromatic heterocycles. The number of nitrogens with zero attached hydrogens (tertiary/aromatic N) is 3. The van der Waals surface area contributed by atoms with Gasteiger partial charge in [-0.05, 0) is 42.3 Å². The van der Waals surface area contributed by atoms with E-state index in [4.69, 9.17) is 0 Å². The molecular formula is C17H16FN3O. The summed E-state index contributed by atoms with van der Waals surface area (Å²) in [6, 6.07) is 12.6. The van der Waals surface area contributed by atoms with E-state index in [0.717, 1.165) is 16.8 Å². The summed E-state index contributed by atoms with van der Waals surface area (Å²) in [4.78, 5) is 2.13. The van der Waals surface area contributed by atoms with Gasteiger partial charge in [-0.25, -0.2) is 8.91 Å². The first-order chi connectivity index (χ1) is 10.7. The maximum atomic E-state index is 13.5. The van der Waals surface area contributed by atoms with Crippen molar-refractivity contribution in [2.24, 2.45) is 0 Å². The molecule has 0 amide bonds. The first-order valence-electron chi connectivity index (χ1n) is 7.34. The number of hydrogen-bond acceptors (Lipinski definition) is 3. The minimum atomic E-state index is -0.408. The summed E-state index contributed by atoms with van der Waals surface area (Å²) in [7, 11) is 0. The molecule has 1 aliphatic heterocycles. The summed E-state index contributed by atoms with van der Waals surface area (Å²) in [6.07, 6.45) is 3.85. The molecule has 5 heteroatoms. The van der Waals surface area contributed by atoms with Crippen LogP contribution in [0, 0.1) is 5.82 Å². The van der Waals surface area contributed by atoms with Crippen molar-refractivity contribution in [1.82, 2.24) is 9.61 Å². The highest BCUT2D eigenvalue weighted by Crippen LogP contribution is 2.36. The summed E-state index contributed by atoms with van der Waals surface area (Å²) in [6.45, 7) is 0.547. The third-order valence-electron chi connectivity index (χ3n) is 4.23. The standard InChI is InChI=1S/C17H16FN3O/c18-13-3-1-2-12(8-13)17-10-16(22)11-20(17)14-5-7-21-15(9-14)4-6-19-21/h1-9,16-17,22H,10-11H2/t16-,17-/m1/s1. The molecule has 0 aliphatic carbocycles. The quantitative estimate of drug-likeness (QED) is 0.791. The highest BCUT2D eigenvalue weighted by Gasteiger charge is 2.32. The zero-order chi connectivity index (χ0) is 15.1. The van der Waals surface area contributed by atoms with Gasteiger partial charge in [0.25, 0.3) is 0 Å².